The van der Waals surface area contributed by atoms with Crippen LogP contribution in [0.15, 0.2) is 18.2 Å². The van der Waals surface area contributed by atoms with Crippen molar-refractivity contribution in [3.05, 3.63) is 35.1 Å². The highest BCUT2D eigenvalue weighted by Gasteiger charge is 2.20. The van der Waals surface area contributed by atoms with Crippen molar-refractivity contribution in [3.63, 3.8) is 0 Å². The Balaban J connectivity index is 3.15. The molecule has 0 spiro atoms. The second kappa shape index (κ2) is 5.26. The molecule has 0 aliphatic heterocycles. The third-order valence-corrected chi connectivity index (χ3v) is 2.35. The lowest BCUT2D eigenvalue weighted by Crippen LogP contribution is -2.13. The third kappa shape index (κ3) is 2.57. The molecule has 1 aromatic carbocycles. The number of hydrogen-bond donors (Lipinski definition) is 0. The third-order valence-electron chi connectivity index (χ3n) is 2.35. The SMILES string of the molecule is CCC(C(=O)OC)c1cc(F)cc(C#N)c1. The van der Waals surface area contributed by atoms with Gasteiger partial charge in [-0.05, 0) is 30.2 Å². The van der Waals surface area contributed by atoms with Crippen LogP contribution < -0.4 is 0 Å². The number of carbonyl (C=O) groups is 1. The molecule has 0 N–H and O–H groups in total. The van der Waals surface area contributed by atoms with Crippen LogP contribution in [0.5, 0.6) is 0 Å². The van der Waals surface area contributed by atoms with Gasteiger partial charge in [-0.1, -0.05) is 6.92 Å². The summed E-state index contributed by atoms with van der Waals surface area (Å²) in [7, 11) is 1.29. The number of benzene rings is 1. The molecular formula is C12H12FNO2. The average molecular weight is 221 g/mol. The molecule has 0 aromatic heterocycles. The second-order valence-corrected chi connectivity index (χ2v) is 3.37. The molecule has 1 rings (SSSR count). The zero-order valence-corrected chi connectivity index (χ0v) is 9.16. The van der Waals surface area contributed by atoms with Crippen molar-refractivity contribution < 1.29 is 13.9 Å². The van der Waals surface area contributed by atoms with E-state index in [1.165, 1.54) is 19.2 Å². The minimum atomic E-state index is -0.521. The standard InChI is InChI=1S/C12H12FNO2/c1-3-11(12(15)16-2)9-4-8(7-14)5-10(13)6-9/h4-6,11H,3H2,1-2H3. The summed E-state index contributed by atoms with van der Waals surface area (Å²) in [4.78, 5) is 11.4. The van der Waals surface area contributed by atoms with E-state index >= 15 is 0 Å². The van der Waals surface area contributed by atoms with Gasteiger partial charge in [-0.25, -0.2) is 4.39 Å². The lowest BCUT2D eigenvalue weighted by molar-refractivity contribution is -0.142. The van der Waals surface area contributed by atoms with Crippen molar-refractivity contribution in [3.8, 4) is 6.07 Å². The van der Waals surface area contributed by atoms with E-state index in [0.717, 1.165) is 6.07 Å². The Morgan fingerprint density at radius 3 is 2.75 bits per heavy atom. The molecule has 0 saturated heterocycles. The van der Waals surface area contributed by atoms with Crippen LogP contribution >= 0.6 is 0 Å². The minimum absolute atomic E-state index is 0.206. The summed E-state index contributed by atoms with van der Waals surface area (Å²) in [6, 6.07) is 5.75. The van der Waals surface area contributed by atoms with Crippen molar-refractivity contribution >= 4 is 5.97 Å². The zero-order chi connectivity index (χ0) is 12.1. The molecule has 1 aromatic rings. The largest absolute Gasteiger partial charge is 0.469 e. The molecule has 84 valence electrons. The molecule has 1 atom stereocenters. The number of ether oxygens (including phenoxy) is 1. The molecule has 3 nitrogen and oxygen atoms in total. The second-order valence-electron chi connectivity index (χ2n) is 3.37. The van der Waals surface area contributed by atoms with Gasteiger partial charge in [0.2, 0.25) is 0 Å². The summed E-state index contributed by atoms with van der Waals surface area (Å²) in [6.45, 7) is 1.80. The van der Waals surface area contributed by atoms with Gasteiger partial charge in [0, 0.05) is 0 Å². The van der Waals surface area contributed by atoms with Crippen molar-refractivity contribution in [2.75, 3.05) is 7.11 Å². The number of nitriles is 1. The maximum absolute atomic E-state index is 13.2. The number of methoxy groups -OCH3 is 1. The van der Waals surface area contributed by atoms with Gasteiger partial charge in [-0.3, -0.25) is 4.79 Å². The summed E-state index contributed by atoms with van der Waals surface area (Å²) >= 11 is 0. The van der Waals surface area contributed by atoms with Gasteiger partial charge in [0.05, 0.1) is 24.7 Å². The maximum Gasteiger partial charge on any atom is 0.313 e. The van der Waals surface area contributed by atoms with Gasteiger partial charge in [-0.2, -0.15) is 5.26 Å². The Bertz CT molecular complexity index is 437. The highest BCUT2D eigenvalue weighted by atomic mass is 19.1. The molecule has 1 unspecified atom stereocenters. The van der Waals surface area contributed by atoms with Gasteiger partial charge in [0.1, 0.15) is 5.82 Å². The normalized spacial score (nSPS) is 11.6. The molecule has 0 fully saturated rings. The Kier molecular flexibility index (Phi) is 4.01. The molecule has 0 heterocycles. The fourth-order valence-electron chi connectivity index (χ4n) is 1.56. The van der Waals surface area contributed by atoms with Gasteiger partial charge >= 0.3 is 5.97 Å². The van der Waals surface area contributed by atoms with E-state index in [1.807, 2.05) is 6.07 Å². The summed E-state index contributed by atoms with van der Waals surface area (Å²) in [5.74, 6) is -1.46. The lowest BCUT2D eigenvalue weighted by Gasteiger charge is -2.12. The van der Waals surface area contributed by atoms with Gasteiger partial charge in [0.15, 0.2) is 0 Å². The van der Waals surface area contributed by atoms with E-state index in [9.17, 15) is 9.18 Å². The summed E-state index contributed by atoms with van der Waals surface area (Å²) in [5, 5.41) is 8.70. The molecular weight excluding hydrogens is 209 g/mol. The average Bonchev–Trinajstić information content (AvgIpc) is 2.29. The predicted octanol–water partition coefficient (Wildman–Crippen LogP) is 2.36. The predicted molar refractivity (Wildman–Crippen MR) is 56.2 cm³/mol. The van der Waals surface area contributed by atoms with E-state index in [4.69, 9.17) is 5.26 Å². The van der Waals surface area contributed by atoms with Crippen LogP contribution in [0.2, 0.25) is 0 Å². The minimum Gasteiger partial charge on any atom is -0.469 e. The van der Waals surface area contributed by atoms with E-state index in [1.54, 1.807) is 6.92 Å². The van der Waals surface area contributed by atoms with Crippen LogP contribution in [-0.4, -0.2) is 13.1 Å². The summed E-state index contributed by atoms with van der Waals surface area (Å²) in [6.07, 6.45) is 0.501. The van der Waals surface area contributed by atoms with Crippen molar-refractivity contribution in [1.82, 2.24) is 0 Å². The lowest BCUT2D eigenvalue weighted by atomic mass is 9.95. The van der Waals surface area contributed by atoms with E-state index in [0.29, 0.717) is 12.0 Å². The van der Waals surface area contributed by atoms with Gasteiger partial charge < -0.3 is 4.74 Å². The summed E-state index contributed by atoms with van der Waals surface area (Å²) in [5.41, 5.74) is 0.684. The highest BCUT2D eigenvalue weighted by molar-refractivity contribution is 5.78. The van der Waals surface area contributed by atoms with Gasteiger partial charge in [-0.15, -0.1) is 0 Å². The molecule has 0 saturated carbocycles. The molecule has 0 radical (unpaired) electrons. The van der Waals surface area contributed by atoms with Crippen LogP contribution in [0.1, 0.15) is 30.4 Å². The monoisotopic (exact) mass is 221 g/mol. The van der Waals surface area contributed by atoms with Crippen molar-refractivity contribution in [2.45, 2.75) is 19.3 Å². The van der Waals surface area contributed by atoms with Crippen LogP contribution in [0.3, 0.4) is 0 Å². The molecule has 0 aliphatic rings. The first-order valence-corrected chi connectivity index (χ1v) is 4.90. The Labute approximate surface area is 93.5 Å². The first-order valence-electron chi connectivity index (χ1n) is 4.90. The van der Waals surface area contributed by atoms with Crippen molar-refractivity contribution in [2.24, 2.45) is 0 Å². The first-order chi connectivity index (χ1) is 7.62. The molecule has 16 heavy (non-hydrogen) atoms. The molecule has 4 heteroatoms. The number of halogens is 1. The quantitative estimate of drug-likeness (QED) is 0.736. The van der Waals surface area contributed by atoms with Crippen LogP contribution in [0, 0.1) is 17.1 Å². The molecule has 0 bridgehead atoms. The number of carbonyl (C=O) groups excluding carboxylic acids is 1. The van der Waals surface area contributed by atoms with E-state index < -0.39 is 17.7 Å². The van der Waals surface area contributed by atoms with Crippen LogP contribution in [0.25, 0.3) is 0 Å². The highest BCUT2D eigenvalue weighted by Crippen LogP contribution is 2.23. The first kappa shape index (κ1) is 12.2. The van der Waals surface area contributed by atoms with Gasteiger partial charge in [0.25, 0.3) is 0 Å². The Morgan fingerprint density at radius 1 is 1.56 bits per heavy atom. The van der Waals surface area contributed by atoms with E-state index in [-0.39, 0.29) is 5.56 Å². The van der Waals surface area contributed by atoms with Crippen LogP contribution in [0.4, 0.5) is 4.39 Å². The fourth-order valence-corrected chi connectivity index (χ4v) is 1.56. The Morgan fingerprint density at radius 2 is 2.25 bits per heavy atom. The smallest absolute Gasteiger partial charge is 0.313 e. The van der Waals surface area contributed by atoms with E-state index in [2.05, 4.69) is 4.74 Å². The summed E-state index contributed by atoms with van der Waals surface area (Å²) < 4.78 is 17.8. The number of hydrogen-bond acceptors (Lipinski definition) is 3. The zero-order valence-electron chi connectivity index (χ0n) is 9.16. The number of esters is 1. The van der Waals surface area contributed by atoms with Crippen LogP contribution in [-0.2, 0) is 9.53 Å². The molecule has 0 aliphatic carbocycles. The fraction of sp³-hybridized carbons (Fsp3) is 0.333. The Hall–Kier alpha value is -1.89. The number of rotatable bonds is 3. The molecule has 0 amide bonds. The topological polar surface area (TPSA) is 50.1 Å². The maximum atomic E-state index is 13.2. The van der Waals surface area contributed by atoms with Crippen molar-refractivity contribution in [1.29, 1.82) is 5.26 Å². The number of nitrogens with zero attached hydrogens (tertiary/aromatic N) is 1.